The molecule has 10 heteroatoms. The van der Waals surface area contributed by atoms with Crippen molar-refractivity contribution in [2.45, 2.75) is 0 Å². The van der Waals surface area contributed by atoms with Crippen LogP contribution >= 0.6 is 0 Å². The molecule has 0 fully saturated rings. The number of rotatable bonds is 6. The van der Waals surface area contributed by atoms with Crippen LogP contribution in [0.15, 0.2) is 84.0 Å². The molecule has 6 N–H and O–H groups in total. The molecule has 2 amide bonds. The molecule has 0 radical (unpaired) electrons. The van der Waals surface area contributed by atoms with Crippen LogP contribution in [-0.4, -0.2) is 26.6 Å². The topological polar surface area (TPSA) is 160 Å². The van der Waals surface area contributed by atoms with Gasteiger partial charge in [-0.25, -0.2) is 0 Å². The van der Waals surface area contributed by atoms with Gasteiger partial charge in [0.1, 0.15) is 0 Å². The van der Waals surface area contributed by atoms with E-state index in [0.717, 1.165) is 0 Å². The number of terminal acetylenes is 1. The zero-order valence-corrected chi connectivity index (χ0v) is 18.1. The van der Waals surface area contributed by atoms with E-state index in [2.05, 4.69) is 31.8 Å². The summed E-state index contributed by atoms with van der Waals surface area (Å²) in [6.07, 6.45) is 5.35. The first kappa shape index (κ1) is 23.5. The van der Waals surface area contributed by atoms with Crippen molar-refractivity contribution in [3.8, 4) is 18.0 Å². The maximum atomic E-state index is 12.7. The lowest BCUT2D eigenvalue weighted by Crippen LogP contribution is -2.15. The summed E-state index contributed by atoms with van der Waals surface area (Å²) in [6, 6.07) is 21.6. The number of benzene rings is 3. The normalized spacial score (nSPS) is 9.85. The molecule has 0 atom stereocenters. The van der Waals surface area contributed by atoms with Gasteiger partial charge < -0.3 is 16.8 Å². The summed E-state index contributed by atoms with van der Waals surface area (Å²) in [5.74, 6) is 1.73. The molecule has 4 aromatic rings. The minimum Gasteiger partial charge on any atom is -0.706 e. The second kappa shape index (κ2) is 10.4. The van der Waals surface area contributed by atoms with Gasteiger partial charge in [0.25, 0.3) is 17.8 Å². The Morgan fingerprint density at radius 1 is 0.882 bits per heavy atom. The van der Waals surface area contributed by atoms with Crippen LogP contribution in [0, 0.1) is 12.3 Å². The molecule has 0 saturated carbocycles. The molecule has 4 rings (SSSR count). The average Bonchev–Trinajstić information content (AvgIpc) is 3.26. The third kappa shape index (κ3) is 5.18. The number of carbonyl (C=O) groups is 2. The molecule has 0 unspecified atom stereocenters. The number of nitrogens with zero attached hydrogens (tertiary/aromatic N) is 5. The van der Waals surface area contributed by atoms with Crippen molar-refractivity contribution < 1.29 is 9.59 Å². The maximum absolute atomic E-state index is 12.7. The van der Waals surface area contributed by atoms with Crippen LogP contribution in [0.4, 0.5) is 17.6 Å². The first-order chi connectivity index (χ1) is 16.1. The number of amides is 2. The fourth-order valence-electron chi connectivity index (χ4n) is 2.94. The molecule has 0 spiro atoms. The summed E-state index contributed by atoms with van der Waals surface area (Å²) in [4.78, 5) is 29.6. The van der Waals surface area contributed by atoms with E-state index >= 15 is 0 Å². The van der Waals surface area contributed by atoms with E-state index in [1.165, 1.54) is 28.9 Å². The lowest BCUT2D eigenvalue weighted by atomic mass is 10.1. The molecule has 168 valence electrons. The van der Waals surface area contributed by atoms with Gasteiger partial charge in [-0.2, -0.15) is 9.67 Å². The summed E-state index contributed by atoms with van der Waals surface area (Å²) in [7, 11) is 0. The van der Waals surface area contributed by atoms with Crippen LogP contribution in [0.5, 0.6) is 0 Å². The highest BCUT2D eigenvalue weighted by Gasteiger charge is 2.17. The predicted octanol–water partition coefficient (Wildman–Crippen LogP) is 4.78. The zero-order chi connectivity index (χ0) is 23.2. The van der Waals surface area contributed by atoms with Crippen molar-refractivity contribution >= 4 is 29.4 Å². The fraction of sp³-hybridized carbons (Fsp3) is 0. The zero-order valence-electron chi connectivity index (χ0n) is 18.1. The van der Waals surface area contributed by atoms with Gasteiger partial charge in [0.2, 0.25) is 5.95 Å². The fourth-order valence-corrected chi connectivity index (χ4v) is 2.94. The van der Waals surface area contributed by atoms with E-state index < -0.39 is 11.8 Å². The van der Waals surface area contributed by atoms with Crippen LogP contribution in [0.1, 0.15) is 26.3 Å². The number of hydrogen-bond acceptors (Lipinski definition) is 5. The van der Waals surface area contributed by atoms with E-state index in [1.54, 1.807) is 36.4 Å². The SMILES string of the molecule is C#Cc1ccc(C(=O)Nc2nc(NC(=O)c3ccc(N=[N-])cc3)n(-c3ccccc3)n2)cc1.[NH4+]. The Morgan fingerprint density at radius 2 is 1.47 bits per heavy atom. The first-order valence-corrected chi connectivity index (χ1v) is 9.74. The molecule has 0 bridgehead atoms. The third-order valence-electron chi connectivity index (χ3n) is 4.62. The van der Waals surface area contributed by atoms with E-state index in [1.807, 2.05) is 18.2 Å². The van der Waals surface area contributed by atoms with Crippen LogP contribution < -0.4 is 16.8 Å². The lowest BCUT2D eigenvalue weighted by Gasteiger charge is -2.07. The monoisotopic (exact) mass is 452 g/mol. The van der Waals surface area contributed by atoms with Crippen LogP contribution in [0.3, 0.4) is 0 Å². The molecule has 0 saturated heterocycles. The second-order valence-corrected chi connectivity index (χ2v) is 6.78. The summed E-state index contributed by atoms with van der Waals surface area (Å²) in [5.41, 5.74) is 11.1. The summed E-state index contributed by atoms with van der Waals surface area (Å²) >= 11 is 0. The Kier molecular flexibility index (Phi) is 7.23. The summed E-state index contributed by atoms with van der Waals surface area (Å²) in [6.45, 7) is 0. The minimum absolute atomic E-state index is 0. The van der Waals surface area contributed by atoms with Crippen LogP contribution in [-0.2, 0) is 0 Å². The highest BCUT2D eigenvalue weighted by Crippen LogP contribution is 2.19. The van der Waals surface area contributed by atoms with Crippen molar-refractivity contribution in [3.05, 3.63) is 101 Å². The molecule has 1 aromatic heterocycles. The van der Waals surface area contributed by atoms with Crippen LogP contribution in [0.2, 0.25) is 0 Å². The standard InChI is InChI=1S/C24H16N7O2.H3N/c1-2-16-8-10-17(11-9-16)21(32)26-23-28-24(31(30-23)20-6-4-3-5-7-20)27-22(33)18-12-14-19(29-25)15-13-18;/h1,3-15H,(H2,26,27,28,30,32,33);1H3/q-1;/p+1. The van der Waals surface area contributed by atoms with E-state index in [-0.39, 0.29) is 18.0 Å². The third-order valence-corrected chi connectivity index (χ3v) is 4.62. The summed E-state index contributed by atoms with van der Waals surface area (Å²) in [5, 5.41) is 12.7. The van der Waals surface area contributed by atoms with E-state index in [0.29, 0.717) is 28.1 Å². The Morgan fingerprint density at radius 3 is 2.06 bits per heavy atom. The van der Waals surface area contributed by atoms with Gasteiger partial charge in [-0.15, -0.1) is 11.5 Å². The number of para-hydroxylation sites is 1. The van der Waals surface area contributed by atoms with Gasteiger partial charge in [0, 0.05) is 22.4 Å². The van der Waals surface area contributed by atoms with Crippen molar-refractivity contribution in [1.29, 1.82) is 0 Å². The highest BCUT2D eigenvalue weighted by atomic mass is 16.2. The number of carbonyl (C=O) groups excluding carboxylic acids is 2. The van der Waals surface area contributed by atoms with Crippen molar-refractivity contribution in [3.63, 3.8) is 0 Å². The number of anilines is 2. The highest BCUT2D eigenvalue weighted by molar-refractivity contribution is 6.05. The molecule has 0 aliphatic rings. The van der Waals surface area contributed by atoms with Gasteiger partial charge in [0.05, 0.1) is 5.69 Å². The number of aromatic nitrogens is 3. The Labute approximate surface area is 195 Å². The summed E-state index contributed by atoms with van der Waals surface area (Å²) < 4.78 is 1.41. The number of quaternary nitrogens is 1. The molecule has 0 aliphatic heterocycles. The second-order valence-electron chi connectivity index (χ2n) is 6.78. The Bertz CT molecular complexity index is 1360. The Hall–Kier alpha value is -5.14. The van der Waals surface area contributed by atoms with Gasteiger partial charge in [-0.05, 0) is 60.7 Å². The molecule has 1 heterocycles. The van der Waals surface area contributed by atoms with Gasteiger partial charge in [-0.3, -0.25) is 20.2 Å². The molecule has 3 aromatic carbocycles. The largest absolute Gasteiger partial charge is 0.706 e. The molecular weight excluding hydrogens is 432 g/mol. The lowest BCUT2D eigenvalue weighted by molar-refractivity contribution is 0.101. The van der Waals surface area contributed by atoms with Gasteiger partial charge in [-0.1, -0.05) is 24.1 Å². The Balaban J connectivity index is 0.00000324. The van der Waals surface area contributed by atoms with Crippen molar-refractivity contribution in [2.75, 3.05) is 10.6 Å². The average molecular weight is 452 g/mol. The number of hydrogen-bond donors (Lipinski definition) is 3. The molecule has 10 nitrogen and oxygen atoms in total. The predicted molar refractivity (Wildman–Crippen MR) is 130 cm³/mol. The van der Waals surface area contributed by atoms with Gasteiger partial charge in [0.15, 0.2) is 0 Å². The van der Waals surface area contributed by atoms with E-state index in [9.17, 15) is 9.59 Å². The molecule has 34 heavy (non-hydrogen) atoms. The van der Waals surface area contributed by atoms with Crippen molar-refractivity contribution in [1.82, 2.24) is 20.9 Å². The van der Waals surface area contributed by atoms with Gasteiger partial charge >= 0.3 is 0 Å². The smallest absolute Gasteiger partial charge is 0.258 e. The van der Waals surface area contributed by atoms with Crippen LogP contribution in [0.25, 0.3) is 11.2 Å². The molecule has 0 aliphatic carbocycles. The quantitative estimate of drug-likeness (QED) is 0.284. The number of nitrogens with one attached hydrogen (secondary N) is 2. The van der Waals surface area contributed by atoms with E-state index in [4.69, 9.17) is 12.0 Å². The van der Waals surface area contributed by atoms with Crippen molar-refractivity contribution in [2.24, 2.45) is 5.11 Å². The minimum atomic E-state index is -0.452. The molecular formula is C24H20N8O2. The first-order valence-electron chi connectivity index (χ1n) is 9.74. The maximum Gasteiger partial charge on any atom is 0.258 e.